The first-order valence-electron chi connectivity index (χ1n) is 7.51. The zero-order valence-electron chi connectivity index (χ0n) is 12.7. The molecule has 1 aromatic rings. The van der Waals surface area contributed by atoms with Gasteiger partial charge in [-0.2, -0.15) is 0 Å². The van der Waals surface area contributed by atoms with E-state index >= 15 is 0 Å². The third-order valence-corrected chi connectivity index (χ3v) is 3.36. The number of benzene rings is 1. The highest BCUT2D eigenvalue weighted by Gasteiger charge is 2.00. The zero-order valence-corrected chi connectivity index (χ0v) is 12.7. The quantitative estimate of drug-likeness (QED) is 0.669. The maximum Gasteiger partial charge on any atom is 0.0456 e. The smallest absolute Gasteiger partial charge is 0.0456 e. The fraction of sp³-hybridized carbons (Fsp3) is 0.647. The Hall–Kier alpha value is -0.860. The van der Waals surface area contributed by atoms with Crippen LogP contribution in [0.2, 0.25) is 0 Å². The van der Waals surface area contributed by atoms with Gasteiger partial charge in [-0.15, -0.1) is 0 Å². The van der Waals surface area contributed by atoms with E-state index < -0.39 is 0 Å². The molecule has 0 amide bonds. The van der Waals surface area contributed by atoms with Crippen LogP contribution in [0.25, 0.3) is 0 Å². The molecule has 0 aliphatic heterocycles. The molecule has 0 aliphatic carbocycles. The van der Waals surface area contributed by atoms with E-state index in [4.69, 9.17) is 5.11 Å². The lowest BCUT2D eigenvalue weighted by atomic mass is 10.0. The molecule has 2 nitrogen and oxygen atoms in total. The van der Waals surface area contributed by atoms with Crippen LogP contribution in [0.3, 0.4) is 0 Å². The van der Waals surface area contributed by atoms with Crippen LogP contribution < -0.4 is 5.32 Å². The fourth-order valence-corrected chi connectivity index (χ4v) is 2.16. The van der Waals surface area contributed by atoms with Crippen LogP contribution in [0.4, 0.5) is 0 Å². The second kappa shape index (κ2) is 9.11. The molecular weight excluding hydrogens is 234 g/mol. The lowest BCUT2D eigenvalue weighted by molar-refractivity contribution is 0.228. The van der Waals surface area contributed by atoms with Crippen LogP contribution in [0.1, 0.15) is 44.7 Å². The maximum atomic E-state index is 8.94. The molecule has 0 saturated heterocycles. The minimum Gasteiger partial charge on any atom is -0.396 e. The molecule has 0 saturated carbocycles. The minimum atomic E-state index is 0.303. The summed E-state index contributed by atoms with van der Waals surface area (Å²) in [5, 5.41) is 12.4. The maximum absolute atomic E-state index is 8.94. The van der Waals surface area contributed by atoms with Crippen LogP contribution in [0.15, 0.2) is 24.3 Å². The summed E-state index contributed by atoms with van der Waals surface area (Å²) in [6, 6.07) is 8.93. The van der Waals surface area contributed by atoms with Crippen molar-refractivity contribution in [3.8, 4) is 0 Å². The molecule has 1 atom stereocenters. The third-order valence-electron chi connectivity index (χ3n) is 3.36. The molecule has 0 heterocycles. The molecule has 108 valence electrons. The highest BCUT2D eigenvalue weighted by Crippen LogP contribution is 2.10. The number of rotatable bonds is 9. The Morgan fingerprint density at radius 1 is 1.05 bits per heavy atom. The van der Waals surface area contributed by atoms with E-state index in [9.17, 15) is 0 Å². The molecule has 1 rings (SSSR count). The molecule has 1 unspecified atom stereocenters. The Kier molecular flexibility index (Phi) is 7.76. The van der Waals surface area contributed by atoms with E-state index in [1.54, 1.807) is 0 Å². The average Bonchev–Trinajstić information content (AvgIpc) is 2.39. The lowest BCUT2D eigenvalue weighted by Gasteiger charge is -2.09. The Morgan fingerprint density at radius 2 is 1.68 bits per heavy atom. The van der Waals surface area contributed by atoms with Crippen LogP contribution in [0, 0.1) is 11.8 Å². The Labute approximate surface area is 118 Å². The fourth-order valence-electron chi connectivity index (χ4n) is 2.16. The van der Waals surface area contributed by atoms with Crippen molar-refractivity contribution in [2.45, 2.75) is 46.6 Å². The van der Waals surface area contributed by atoms with E-state index in [0.717, 1.165) is 38.3 Å². The number of hydrogen-bond acceptors (Lipinski definition) is 2. The van der Waals surface area contributed by atoms with Gasteiger partial charge in [0.15, 0.2) is 0 Å². The molecule has 0 fully saturated rings. The average molecular weight is 263 g/mol. The number of hydrogen-bond donors (Lipinski definition) is 2. The Bertz CT molecular complexity index is 332. The molecule has 0 radical (unpaired) electrons. The van der Waals surface area contributed by atoms with Gasteiger partial charge in [0, 0.05) is 13.2 Å². The first-order chi connectivity index (χ1) is 9.11. The van der Waals surface area contributed by atoms with Crippen molar-refractivity contribution < 1.29 is 5.11 Å². The molecule has 0 aliphatic rings. The summed E-state index contributed by atoms with van der Waals surface area (Å²) in [6.07, 6.45) is 3.39. The molecule has 2 N–H and O–H groups in total. The second-order valence-corrected chi connectivity index (χ2v) is 6.02. The Morgan fingerprint density at radius 3 is 2.26 bits per heavy atom. The van der Waals surface area contributed by atoms with E-state index in [-0.39, 0.29) is 0 Å². The van der Waals surface area contributed by atoms with E-state index in [2.05, 4.69) is 50.4 Å². The molecule has 19 heavy (non-hydrogen) atoms. The van der Waals surface area contributed by atoms with Crippen molar-refractivity contribution in [2.75, 3.05) is 13.2 Å². The first-order valence-corrected chi connectivity index (χ1v) is 7.51. The van der Waals surface area contributed by atoms with Gasteiger partial charge in [-0.05, 0) is 48.8 Å². The molecule has 0 aromatic heterocycles. The van der Waals surface area contributed by atoms with Crippen molar-refractivity contribution in [1.29, 1.82) is 0 Å². The summed E-state index contributed by atoms with van der Waals surface area (Å²) < 4.78 is 0. The largest absolute Gasteiger partial charge is 0.396 e. The first kappa shape index (κ1) is 16.2. The predicted molar refractivity (Wildman–Crippen MR) is 82.2 cm³/mol. The van der Waals surface area contributed by atoms with Gasteiger partial charge >= 0.3 is 0 Å². The van der Waals surface area contributed by atoms with Gasteiger partial charge in [-0.3, -0.25) is 0 Å². The van der Waals surface area contributed by atoms with Gasteiger partial charge in [0.1, 0.15) is 0 Å². The van der Waals surface area contributed by atoms with Crippen molar-refractivity contribution in [3.05, 3.63) is 35.4 Å². The molecule has 0 spiro atoms. The summed E-state index contributed by atoms with van der Waals surface area (Å²) in [4.78, 5) is 0. The highest BCUT2D eigenvalue weighted by atomic mass is 16.3. The van der Waals surface area contributed by atoms with Gasteiger partial charge < -0.3 is 10.4 Å². The highest BCUT2D eigenvalue weighted by molar-refractivity contribution is 5.22. The van der Waals surface area contributed by atoms with Gasteiger partial charge in [-0.1, -0.05) is 45.0 Å². The summed E-state index contributed by atoms with van der Waals surface area (Å²) in [5.41, 5.74) is 2.78. The standard InChI is InChI=1S/C17H29NO/c1-14(2)11-16-6-8-17(9-7-16)12-18-10-4-5-15(3)13-19/h6-9,14-15,18-19H,4-5,10-13H2,1-3H3. The molecule has 1 aromatic carbocycles. The summed E-state index contributed by atoms with van der Waals surface area (Å²) in [5.74, 6) is 1.15. The predicted octanol–water partition coefficient (Wildman–Crippen LogP) is 3.38. The second-order valence-electron chi connectivity index (χ2n) is 6.02. The van der Waals surface area contributed by atoms with E-state index in [0.29, 0.717) is 12.5 Å². The van der Waals surface area contributed by atoms with Gasteiger partial charge in [-0.25, -0.2) is 0 Å². The number of nitrogens with one attached hydrogen (secondary N) is 1. The topological polar surface area (TPSA) is 32.3 Å². The van der Waals surface area contributed by atoms with Gasteiger partial charge in [0.05, 0.1) is 0 Å². The normalized spacial score (nSPS) is 12.9. The Balaban J connectivity index is 2.19. The summed E-state index contributed by atoms with van der Waals surface area (Å²) in [7, 11) is 0. The monoisotopic (exact) mass is 263 g/mol. The van der Waals surface area contributed by atoms with Gasteiger partial charge in [0.2, 0.25) is 0 Å². The zero-order chi connectivity index (χ0) is 14.1. The van der Waals surface area contributed by atoms with Gasteiger partial charge in [0.25, 0.3) is 0 Å². The summed E-state index contributed by atoms with van der Waals surface area (Å²) in [6.45, 7) is 8.87. The van der Waals surface area contributed by atoms with Crippen LogP contribution >= 0.6 is 0 Å². The van der Waals surface area contributed by atoms with Crippen molar-refractivity contribution in [1.82, 2.24) is 5.32 Å². The molecule has 2 heteroatoms. The van der Waals surface area contributed by atoms with Crippen molar-refractivity contribution in [3.63, 3.8) is 0 Å². The van der Waals surface area contributed by atoms with Crippen molar-refractivity contribution >= 4 is 0 Å². The molecule has 0 bridgehead atoms. The van der Waals surface area contributed by atoms with Crippen LogP contribution in [-0.4, -0.2) is 18.3 Å². The summed E-state index contributed by atoms with van der Waals surface area (Å²) >= 11 is 0. The number of aliphatic hydroxyl groups excluding tert-OH is 1. The lowest BCUT2D eigenvalue weighted by Crippen LogP contribution is -2.16. The van der Waals surface area contributed by atoms with E-state index in [1.807, 2.05) is 0 Å². The minimum absolute atomic E-state index is 0.303. The van der Waals surface area contributed by atoms with Crippen molar-refractivity contribution in [2.24, 2.45) is 11.8 Å². The van der Waals surface area contributed by atoms with E-state index in [1.165, 1.54) is 11.1 Å². The molecular formula is C17H29NO. The third kappa shape index (κ3) is 7.34. The SMILES string of the molecule is CC(C)Cc1ccc(CNCCCC(C)CO)cc1. The number of aliphatic hydroxyl groups is 1. The van der Waals surface area contributed by atoms with Crippen LogP contribution in [-0.2, 0) is 13.0 Å². The van der Waals surface area contributed by atoms with Crippen LogP contribution in [0.5, 0.6) is 0 Å².